The van der Waals surface area contributed by atoms with E-state index in [1.807, 2.05) is 0 Å². The summed E-state index contributed by atoms with van der Waals surface area (Å²) in [7, 11) is -3.90. The van der Waals surface area contributed by atoms with E-state index in [0.717, 1.165) is 10.7 Å². The highest BCUT2D eigenvalue weighted by Gasteiger charge is 2.16. The van der Waals surface area contributed by atoms with Crippen LogP contribution in [0, 0.1) is 0 Å². The Morgan fingerprint density at radius 2 is 1.95 bits per heavy atom. The Bertz CT molecular complexity index is 861. The maximum Gasteiger partial charge on any atom is 0.308 e. The first-order chi connectivity index (χ1) is 10.3. The SMILES string of the molecule is O=C(O)Cc1cnc(NS(=O)(=O)c2ccc(Br)cc2)[nH]c1=O. The maximum atomic E-state index is 12.1. The van der Waals surface area contributed by atoms with Crippen LogP contribution in [0.5, 0.6) is 0 Å². The van der Waals surface area contributed by atoms with Gasteiger partial charge in [0.25, 0.3) is 15.6 Å². The van der Waals surface area contributed by atoms with Gasteiger partial charge in [-0.1, -0.05) is 15.9 Å². The van der Waals surface area contributed by atoms with Crippen molar-refractivity contribution in [3.63, 3.8) is 0 Å². The minimum Gasteiger partial charge on any atom is -0.481 e. The fourth-order valence-electron chi connectivity index (χ4n) is 1.56. The van der Waals surface area contributed by atoms with Crippen molar-refractivity contribution in [1.82, 2.24) is 9.97 Å². The molecule has 0 fully saturated rings. The number of sulfonamides is 1. The molecule has 0 radical (unpaired) electrons. The highest BCUT2D eigenvalue weighted by molar-refractivity contribution is 9.10. The summed E-state index contributed by atoms with van der Waals surface area (Å²) in [6, 6.07) is 5.87. The van der Waals surface area contributed by atoms with Gasteiger partial charge in [-0.3, -0.25) is 14.6 Å². The minimum absolute atomic E-state index is 0.00652. The molecule has 0 aliphatic rings. The fourth-order valence-corrected chi connectivity index (χ4v) is 2.80. The average molecular weight is 388 g/mol. The first-order valence-electron chi connectivity index (χ1n) is 5.86. The summed E-state index contributed by atoms with van der Waals surface area (Å²) in [5.41, 5.74) is -0.787. The zero-order valence-corrected chi connectivity index (χ0v) is 13.3. The van der Waals surface area contributed by atoms with Crippen LogP contribution in [0.3, 0.4) is 0 Å². The van der Waals surface area contributed by atoms with Crippen LogP contribution >= 0.6 is 15.9 Å². The first-order valence-corrected chi connectivity index (χ1v) is 8.14. The zero-order valence-electron chi connectivity index (χ0n) is 10.9. The predicted octanol–water partition coefficient (Wildman–Crippen LogP) is 0.960. The second-order valence-electron chi connectivity index (χ2n) is 4.22. The molecule has 8 nitrogen and oxygen atoms in total. The largest absolute Gasteiger partial charge is 0.481 e. The smallest absolute Gasteiger partial charge is 0.308 e. The van der Waals surface area contributed by atoms with Crippen LogP contribution in [0.4, 0.5) is 5.95 Å². The van der Waals surface area contributed by atoms with Crippen molar-refractivity contribution in [3.05, 3.63) is 50.9 Å². The van der Waals surface area contributed by atoms with Crippen molar-refractivity contribution < 1.29 is 18.3 Å². The van der Waals surface area contributed by atoms with Gasteiger partial charge in [0.1, 0.15) is 0 Å². The average Bonchev–Trinajstić information content (AvgIpc) is 2.41. The van der Waals surface area contributed by atoms with E-state index < -0.39 is 28.0 Å². The third kappa shape index (κ3) is 3.92. The molecule has 116 valence electrons. The molecule has 0 amide bonds. The Balaban J connectivity index is 2.26. The van der Waals surface area contributed by atoms with Crippen LogP contribution in [0.1, 0.15) is 5.56 Å². The Morgan fingerprint density at radius 1 is 1.32 bits per heavy atom. The number of H-pyrrole nitrogens is 1. The van der Waals surface area contributed by atoms with Crippen molar-refractivity contribution in [2.45, 2.75) is 11.3 Å². The minimum atomic E-state index is -3.90. The third-order valence-electron chi connectivity index (χ3n) is 2.57. The van der Waals surface area contributed by atoms with Crippen molar-refractivity contribution in [3.8, 4) is 0 Å². The van der Waals surface area contributed by atoms with Gasteiger partial charge in [0.15, 0.2) is 0 Å². The van der Waals surface area contributed by atoms with E-state index in [1.54, 1.807) is 12.1 Å². The lowest BCUT2D eigenvalue weighted by molar-refractivity contribution is -0.136. The molecule has 0 aliphatic carbocycles. The summed E-state index contributed by atoms with van der Waals surface area (Å²) in [5.74, 6) is -1.47. The molecular weight excluding hydrogens is 378 g/mol. The molecule has 10 heteroatoms. The molecule has 0 aliphatic heterocycles. The van der Waals surface area contributed by atoms with Crippen LogP contribution in [-0.2, 0) is 21.2 Å². The van der Waals surface area contributed by atoms with Crippen molar-refractivity contribution >= 4 is 37.9 Å². The van der Waals surface area contributed by atoms with Crippen molar-refractivity contribution in [1.29, 1.82) is 0 Å². The van der Waals surface area contributed by atoms with Gasteiger partial charge in [-0.15, -0.1) is 0 Å². The van der Waals surface area contributed by atoms with E-state index in [2.05, 4.69) is 30.6 Å². The number of halogens is 1. The molecule has 0 atom stereocenters. The molecule has 1 aromatic heterocycles. The van der Waals surface area contributed by atoms with E-state index in [4.69, 9.17) is 5.11 Å². The number of nitrogens with zero attached hydrogens (tertiary/aromatic N) is 1. The number of carboxylic acid groups (broad SMARTS) is 1. The summed E-state index contributed by atoms with van der Waals surface area (Å²) in [6.07, 6.45) is 0.522. The van der Waals surface area contributed by atoms with E-state index in [0.29, 0.717) is 0 Å². The number of carbonyl (C=O) groups is 1. The van der Waals surface area contributed by atoms with E-state index in [1.165, 1.54) is 12.1 Å². The van der Waals surface area contributed by atoms with E-state index >= 15 is 0 Å². The quantitative estimate of drug-likeness (QED) is 0.700. The monoisotopic (exact) mass is 387 g/mol. The molecular formula is C12H10BrN3O5S. The molecule has 0 spiro atoms. The lowest BCUT2D eigenvalue weighted by Crippen LogP contribution is -2.22. The van der Waals surface area contributed by atoms with E-state index in [-0.39, 0.29) is 16.4 Å². The van der Waals surface area contributed by atoms with Crippen LogP contribution in [0.15, 0.2) is 44.6 Å². The van der Waals surface area contributed by atoms with Crippen molar-refractivity contribution in [2.75, 3.05) is 4.72 Å². The number of rotatable bonds is 5. The summed E-state index contributed by atoms with van der Waals surface area (Å²) in [5, 5.41) is 8.62. The number of aromatic nitrogens is 2. The zero-order chi connectivity index (χ0) is 16.3. The number of anilines is 1. The number of benzene rings is 1. The number of hydrogen-bond donors (Lipinski definition) is 3. The van der Waals surface area contributed by atoms with Gasteiger partial charge in [0.05, 0.1) is 11.3 Å². The number of nitrogens with one attached hydrogen (secondary N) is 2. The highest BCUT2D eigenvalue weighted by atomic mass is 79.9. The van der Waals surface area contributed by atoms with Crippen LogP contribution in [0.25, 0.3) is 0 Å². The van der Waals surface area contributed by atoms with Gasteiger partial charge in [0, 0.05) is 16.2 Å². The van der Waals surface area contributed by atoms with Gasteiger partial charge in [0.2, 0.25) is 5.95 Å². The Hall–Kier alpha value is -2.20. The summed E-state index contributed by atoms with van der Waals surface area (Å²) in [4.78, 5) is 28.1. The standard InChI is InChI=1S/C12H10BrN3O5S/c13-8-1-3-9(4-2-8)22(20,21)16-12-14-6-7(5-10(17)18)11(19)15-12/h1-4,6H,5H2,(H,17,18)(H2,14,15,16,19). The summed E-state index contributed by atoms with van der Waals surface area (Å²) in [6.45, 7) is 0. The Labute approximate surface area is 133 Å². The molecule has 3 N–H and O–H groups in total. The Morgan fingerprint density at radius 3 is 2.50 bits per heavy atom. The van der Waals surface area contributed by atoms with Crippen LogP contribution in [-0.4, -0.2) is 29.5 Å². The van der Waals surface area contributed by atoms with Gasteiger partial charge >= 0.3 is 5.97 Å². The first kappa shape index (κ1) is 16.2. The Kier molecular flexibility index (Phi) is 4.62. The van der Waals surface area contributed by atoms with Gasteiger partial charge in [-0.05, 0) is 24.3 Å². The van der Waals surface area contributed by atoms with E-state index in [9.17, 15) is 18.0 Å². The van der Waals surface area contributed by atoms with Crippen molar-refractivity contribution in [2.24, 2.45) is 0 Å². The molecule has 1 heterocycles. The molecule has 0 unspecified atom stereocenters. The lowest BCUT2D eigenvalue weighted by atomic mass is 10.2. The molecule has 1 aromatic carbocycles. The topological polar surface area (TPSA) is 129 Å². The van der Waals surface area contributed by atoms with Gasteiger partial charge < -0.3 is 5.11 Å². The van der Waals surface area contributed by atoms with Gasteiger partial charge in [-0.25, -0.2) is 18.1 Å². The van der Waals surface area contributed by atoms with Crippen LogP contribution < -0.4 is 10.3 Å². The molecule has 0 saturated heterocycles. The number of aliphatic carboxylic acids is 1. The summed E-state index contributed by atoms with van der Waals surface area (Å²) >= 11 is 3.19. The predicted molar refractivity (Wildman–Crippen MR) is 81.1 cm³/mol. The molecule has 0 saturated carbocycles. The molecule has 2 aromatic rings. The summed E-state index contributed by atoms with van der Waals surface area (Å²) < 4.78 is 27.0. The van der Waals surface area contributed by atoms with Crippen LogP contribution in [0.2, 0.25) is 0 Å². The third-order valence-corrected chi connectivity index (χ3v) is 4.45. The fraction of sp³-hybridized carbons (Fsp3) is 0.0833. The molecule has 0 bridgehead atoms. The van der Waals surface area contributed by atoms with Gasteiger partial charge in [-0.2, -0.15) is 0 Å². The maximum absolute atomic E-state index is 12.1. The number of aromatic amines is 1. The second kappa shape index (κ2) is 6.28. The number of hydrogen-bond acceptors (Lipinski definition) is 5. The molecule has 22 heavy (non-hydrogen) atoms. The normalized spacial score (nSPS) is 11.1. The second-order valence-corrected chi connectivity index (χ2v) is 6.81. The molecule has 2 rings (SSSR count). The highest BCUT2D eigenvalue weighted by Crippen LogP contribution is 2.16. The lowest BCUT2D eigenvalue weighted by Gasteiger charge is -2.07. The number of carboxylic acids is 1.